The van der Waals surface area contributed by atoms with Crippen LogP contribution < -0.4 is 5.56 Å². The Hall–Kier alpha value is -1.66. The number of hydrogen-bond acceptors (Lipinski definition) is 4. The number of benzene rings is 1. The minimum absolute atomic E-state index is 0.0865. The number of halogens is 1. The van der Waals surface area contributed by atoms with Crippen molar-refractivity contribution in [2.24, 2.45) is 0 Å². The second kappa shape index (κ2) is 5.61. The number of fused-ring (bicyclic) bond motifs is 1. The Balaban J connectivity index is 1.88. The zero-order chi connectivity index (χ0) is 15.0. The van der Waals surface area contributed by atoms with Gasteiger partial charge in [-0.1, -0.05) is 0 Å². The number of aromatic amines is 1. The number of aromatic nitrogens is 2. The molecule has 0 spiro atoms. The Kier molecular flexibility index (Phi) is 3.82. The molecule has 3 aromatic rings. The highest BCUT2D eigenvalue weighted by Gasteiger charge is 2.11. The molecule has 6 heteroatoms. The third-order valence-electron chi connectivity index (χ3n) is 3.28. The van der Waals surface area contributed by atoms with Crippen LogP contribution in [0.5, 0.6) is 0 Å². The predicted octanol–water partition coefficient (Wildman–Crippen LogP) is 4.03. The van der Waals surface area contributed by atoms with E-state index in [1.165, 1.54) is 23.9 Å². The minimum Gasteiger partial charge on any atom is -0.309 e. The summed E-state index contributed by atoms with van der Waals surface area (Å²) in [6.07, 6.45) is 0. The first-order valence-electron chi connectivity index (χ1n) is 6.42. The van der Waals surface area contributed by atoms with Gasteiger partial charge in [-0.25, -0.2) is 9.37 Å². The maximum Gasteiger partial charge on any atom is 0.259 e. The zero-order valence-electron chi connectivity index (χ0n) is 11.6. The number of nitrogens with zero attached hydrogens (tertiary/aromatic N) is 1. The van der Waals surface area contributed by atoms with Gasteiger partial charge in [0, 0.05) is 9.77 Å². The first-order chi connectivity index (χ1) is 10.0. The number of hydrogen-bond donors (Lipinski definition) is 1. The van der Waals surface area contributed by atoms with Crippen molar-refractivity contribution in [3.8, 4) is 0 Å². The van der Waals surface area contributed by atoms with E-state index in [4.69, 9.17) is 0 Å². The largest absolute Gasteiger partial charge is 0.309 e. The standard InChI is InChI=1S/C15H13FN2OS2/c1-8-9(2)21-15-13(8)14(19)17-12(18-15)7-20-11-5-3-10(16)4-6-11/h3-6H,7H2,1-2H3,(H,17,18,19). The lowest BCUT2D eigenvalue weighted by Gasteiger charge is -2.02. The molecule has 0 saturated heterocycles. The molecule has 0 unspecified atom stereocenters. The number of thiophene rings is 1. The SMILES string of the molecule is Cc1sc2nc(CSc3ccc(F)cc3)[nH]c(=O)c2c1C. The molecular weight excluding hydrogens is 307 g/mol. The van der Waals surface area contributed by atoms with Crippen molar-refractivity contribution in [1.29, 1.82) is 0 Å². The van der Waals surface area contributed by atoms with Gasteiger partial charge in [0.25, 0.3) is 5.56 Å². The van der Waals surface area contributed by atoms with E-state index in [2.05, 4.69) is 9.97 Å². The van der Waals surface area contributed by atoms with Gasteiger partial charge in [0.1, 0.15) is 16.5 Å². The summed E-state index contributed by atoms with van der Waals surface area (Å²) in [5.74, 6) is 0.937. The van der Waals surface area contributed by atoms with Crippen LogP contribution in [-0.4, -0.2) is 9.97 Å². The Morgan fingerprint density at radius 3 is 2.71 bits per heavy atom. The molecule has 3 rings (SSSR count). The number of aryl methyl sites for hydroxylation is 2. The highest BCUT2D eigenvalue weighted by atomic mass is 32.2. The van der Waals surface area contributed by atoms with Crippen molar-refractivity contribution in [2.75, 3.05) is 0 Å². The molecule has 1 N–H and O–H groups in total. The van der Waals surface area contributed by atoms with Crippen LogP contribution >= 0.6 is 23.1 Å². The first-order valence-corrected chi connectivity index (χ1v) is 8.22. The van der Waals surface area contributed by atoms with Crippen LogP contribution in [0.25, 0.3) is 10.2 Å². The summed E-state index contributed by atoms with van der Waals surface area (Å²) in [7, 11) is 0. The summed E-state index contributed by atoms with van der Waals surface area (Å²) in [5, 5.41) is 0.688. The Morgan fingerprint density at radius 2 is 2.00 bits per heavy atom. The van der Waals surface area contributed by atoms with Crippen LogP contribution in [0.2, 0.25) is 0 Å². The van der Waals surface area contributed by atoms with E-state index >= 15 is 0 Å². The third kappa shape index (κ3) is 2.87. The summed E-state index contributed by atoms with van der Waals surface area (Å²) < 4.78 is 12.8. The van der Waals surface area contributed by atoms with Crippen molar-refractivity contribution in [2.45, 2.75) is 24.5 Å². The van der Waals surface area contributed by atoms with Crippen molar-refractivity contribution < 1.29 is 4.39 Å². The van der Waals surface area contributed by atoms with Gasteiger partial charge < -0.3 is 4.98 Å². The van der Waals surface area contributed by atoms with Gasteiger partial charge in [-0.3, -0.25) is 4.79 Å². The molecule has 0 bridgehead atoms. The first kappa shape index (κ1) is 14.3. The molecule has 0 amide bonds. The van der Waals surface area contributed by atoms with Gasteiger partial charge in [-0.05, 0) is 43.7 Å². The van der Waals surface area contributed by atoms with Crippen LogP contribution in [0.3, 0.4) is 0 Å². The smallest absolute Gasteiger partial charge is 0.259 e. The average Bonchev–Trinajstić information content (AvgIpc) is 2.74. The van der Waals surface area contributed by atoms with Crippen LogP contribution in [0.4, 0.5) is 4.39 Å². The van der Waals surface area contributed by atoms with Crippen LogP contribution in [0.1, 0.15) is 16.3 Å². The van der Waals surface area contributed by atoms with Crippen molar-refractivity contribution >= 4 is 33.3 Å². The lowest BCUT2D eigenvalue weighted by Crippen LogP contribution is -2.10. The summed E-state index contributed by atoms with van der Waals surface area (Å²) in [5.41, 5.74) is 0.915. The monoisotopic (exact) mass is 320 g/mol. The second-order valence-corrected chi connectivity index (χ2v) is 6.97. The molecule has 0 radical (unpaired) electrons. The van der Waals surface area contributed by atoms with E-state index in [0.29, 0.717) is 17.0 Å². The van der Waals surface area contributed by atoms with E-state index in [1.54, 1.807) is 23.5 Å². The van der Waals surface area contributed by atoms with Gasteiger partial charge >= 0.3 is 0 Å². The molecule has 0 saturated carbocycles. The normalized spacial score (nSPS) is 11.2. The van der Waals surface area contributed by atoms with Gasteiger partial charge in [0.05, 0.1) is 11.1 Å². The second-order valence-electron chi connectivity index (χ2n) is 4.72. The van der Waals surface area contributed by atoms with E-state index < -0.39 is 0 Å². The summed E-state index contributed by atoms with van der Waals surface area (Å²) >= 11 is 3.06. The highest BCUT2D eigenvalue weighted by molar-refractivity contribution is 7.98. The molecule has 108 valence electrons. The average molecular weight is 320 g/mol. The van der Waals surface area contributed by atoms with E-state index in [-0.39, 0.29) is 11.4 Å². The summed E-state index contributed by atoms with van der Waals surface area (Å²) in [4.78, 5) is 22.3. The number of nitrogens with one attached hydrogen (secondary N) is 1. The van der Waals surface area contributed by atoms with Crippen molar-refractivity contribution in [1.82, 2.24) is 9.97 Å². The maximum atomic E-state index is 12.8. The fourth-order valence-corrected chi connectivity index (χ4v) is 3.87. The molecule has 0 aliphatic rings. The Bertz CT molecular complexity index is 852. The molecule has 0 aliphatic carbocycles. The minimum atomic E-state index is -0.253. The van der Waals surface area contributed by atoms with Crippen LogP contribution in [0.15, 0.2) is 34.0 Å². The fourth-order valence-electron chi connectivity index (χ4n) is 2.05. The summed E-state index contributed by atoms with van der Waals surface area (Å²) in [6, 6.07) is 6.29. The maximum absolute atomic E-state index is 12.8. The molecule has 1 aromatic carbocycles. The van der Waals surface area contributed by atoms with Gasteiger partial charge in [0.15, 0.2) is 0 Å². The molecular formula is C15H13FN2OS2. The molecule has 3 nitrogen and oxygen atoms in total. The fraction of sp³-hybridized carbons (Fsp3) is 0.200. The van der Waals surface area contributed by atoms with Gasteiger partial charge in [-0.2, -0.15) is 0 Å². The molecule has 0 fully saturated rings. The van der Waals surface area contributed by atoms with Gasteiger partial charge in [0.2, 0.25) is 0 Å². The zero-order valence-corrected chi connectivity index (χ0v) is 13.2. The molecule has 21 heavy (non-hydrogen) atoms. The number of thioether (sulfide) groups is 1. The van der Waals surface area contributed by atoms with E-state index in [9.17, 15) is 9.18 Å². The van der Waals surface area contributed by atoms with E-state index in [0.717, 1.165) is 20.2 Å². The lowest BCUT2D eigenvalue weighted by molar-refractivity contribution is 0.626. The number of H-pyrrole nitrogens is 1. The third-order valence-corrected chi connectivity index (χ3v) is 5.40. The van der Waals surface area contributed by atoms with Gasteiger partial charge in [-0.15, -0.1) is 23.1 Å². The van der Waals surface area contributed by atoms with Crippen LogP contribution in [0, 0.1) is 19.7 Å². The topological polar surface area (TPSA) is 45.8 Å². The Labute approximate surface area is 129 Å². The van der Waals surface area contributed by atoms with E-state index in [1.807, 2.05) is 13.8 Å². The summed E-state index contributed by atoms with van der Waals surface area (Å²) in [6.45, 7) is 3.94. The highest BCUT2D eigenvalue weighted by Crippen LogP contribution is 2.27. The number of rotatable bonds is 3. The van der Waals surface area contributed by atoms with Crippen molar-refractivity contribution in [3.63, 3.8) is 0 Å². The molecule has 0 atom stereocenters. The molecule has 2 heterocycles. The quantitative estimate of drug-likeness (QED) is 0.741. The van der Waals surface area contributed by atoms with Crippen LogP contribution in [-0.2, 0) is 5.75 Å². The molecule has 0 aliphatic heterocycles. The van der Waals surface area contributed by atoms with Crippen molar-refractivity contribution in [3.05, 3.63) is 56.7 Å². The Morgan fingerprint density at radius 1 is 1.29 bits per heavy atom. The predicted molar refractivity (Wildman–Crippen MR) is 85.7 cm³/mol. The lowest BCUT2D eigenvalue weighted by atomic mass is 10.2. The molecule has 2 aromatic heterocycles.